The van der Waals surface area contributed by atoms with Crippen molar-refractivity contribution in [2.24, 2.45) is 10.7 Å². The lowest BCUT2D eigenvalue weighted by molar-refractivity contribution is 0.0950. The zero-order chi connectivity index (χ0) is 21.0. The van der Waals surface area contributed by atoms with Crippen molar-refractivity contribution >= 4 is 41.2 Å². The highest BCUT2D eigenvalue weighted by Gasteiger charge is 2.18. The number of nitrogens with two attached hydrogens (primary N) is 1. The number of thiophene rings is 1. The Morgan fingerprint density at radius 3 is 2.50 bits per heavy atom. The summed E-state index contributed by atoms with van der Waals surface area (Å²) in [6, 6.07) is 13.0. The van der Waals surface area contributed by atoms with E-state index in [1.165, 1.54) is 6.07 Å². The average molecular weight is 446 g/mol. The highest BCUT2D eigenvalue weighted by Crippen LogP contribution is 2.32. The first-order valence-corrected chi connectivity index (χ1v) is 10.0. The summed E-state index contributed by atoms with van der Waals surface area (Å²) in [4.78, 5) is 17.8. The third-order valence-electron chi connectivity index (χ3n) is 4.61. The van der Waals surface area contributed by atoms with Crippen LogP contribution in [0.15, 0.2) is 52.8 Å². The summed E-state index contributed by atoms with van der Waals surface area (Å²) in [7, 11) is 0. The molecular formula is C22H24ClN3O3S. The summed E-state index contributed by atoms with van der Waals surface area (Å²) in [6.45, 7) is 3.66. The number of benzene rings is 2. The summed E-state index contributed by atoms with van der Waals surface area (Å²) in [5, 5.41) is 24.7. The van der Waals surface area contributed by atoms with E-state index in [0.717, 1.165) is 16.1 Å². The molecule has 1 amide bonds. The van der Waals surface area contributed by atoms with Gasteiger partial charge in [-0.15, -0.1) is 23.7 Å². The number of amides is 1. The molecule has 8 heteroatoms. The van der Waals surface area contributed by atoms with Crippen molar-refractivity contribution in [3.63, 3.8) is 0 Å². The summed E-state index contributed by atoms with van der Waals surface area (Å²) >= 11 is 1.54. The normalized spacial score (nSPS) is 11.1. The number of aliphatic imine (C=N–C) groups is 1. The summed E-state index contributed by atoms with van der Waals surface area (Å²) in [5.41, 5.74) is 8.81. The number of nitrogens with zero attached hydrogens (tertiary/aromatic N) is 1. The Hall–Kier alpha value is -3.03. The Morgan fingerprint density at radius 1 is 1.17 bits per heavy atom. The van der Waals surface area contributed by atoms with Crippen molar-refractivity contribution in [1.82, 2.24) is 5.32 Å². The molecule has 5 N–H and O–H groups in total. The molecule has 0 saturated carbocycles. The van der Waals surface area contributed by atoms with Crippen molar-refractivity contribution < 1.29 is 15.0 Å². The van der Waals surface area contributed by atoms with E-state index in [2.05, 4.69) is 10.3 Å². The topological polar surface area (TPSA) is 108 Å². The Kier molecular flexibility index (Phi) is 7.86. The van der Waals surface area contributed by atoms with Crippen LogP contribution in [0, 0.1) is 13.8 Å². The highest BCUT2D eigenvalue weighted by atomic mass is 35.5. The van der Waals surface area contributed by atoms with Crippen LogP contribution < -0.4 is 11.1 Å². The van der Waals surface area contributed by atoms with Gasteiger partial charge < -0.3 is 21.3 Å². The van der Waals surface area contributed by atoms with Crippen LogP contribution in [0.5, 0.6) is 11.5 Å². The first kappa shape index (κ1) is 23.3. The molecule has 0 fully saturated rings. The number of hydrogen-bond acceptors (Lipinski definition) is 5. The fraction of sp³-hybridized carbons (Fsp3) is 0.182. The number of aromatic hydroxyl groups is 2. The van der Waals surface area contributed by atoms with E-state index in [-0.39, 0.29) is 35.4 Å². The predicted molar refractivity (Wildman–Crippen MR) is 124 cm³/mol. The van der Waals surface area contributed by atoms with E-state index in [1.807, 2.05) is 41.8 Å². The Balaban J connectivity index is 0.00000320. The summed E-state index contributed by atoms with van der Waals surface area (Å²) < 4.78 is 0. The molecule has 0 atom stereocenters. The largest absolute Gasteiger partial charge is 0.508 e. The van der Waals surface area contributed by atoms with Gasteiger partial charge in [0.2, 0.25) is 0 Å². The number of halogens is 1. The summed E-state index contributed by atoms with van der Waals surface area (Å²) in [5.74, 6) is -0.100. The molecule has 2 aromatic carbocycles. The minimum absolute atomic E-state index is 0. The Bertz CT molecular complexity index is 1050. The number of phenolic OH excluding ortho intramolecular Hbond substituents is 2. The van der Waals surface area contributed by atoms with Crippen LogP contribution in [-0.4, -0.2) is 28.5 Å². The third kappa shape index (κ3) is 5.31. The van der Waals surface area contributed by atoms with Crippen LogP contribution in [0.4, 0.5) is 5.69 Å². The van der Waals surface area contributed by atoms with Gasteiger partial charge in [0.05, 0.1) is 16.1 Å². The molecule has 0 aliphatic rings. The zero-order valence-corrected chi connectivity index (χ0v) is 18.3. The number of carbonyl (C=O) groups is 1. The van der Waals surface area contributed by atoms with Gasteiger partial charge in [-0.05, 0) is 61.0 Å². The maximum absolute atomic E-state index is 12.4. The first-order valence-electron chi connectivity index (χ1n) is 9.14. The second kappa shape index (κ2) is 10.1. The van der Waals surface area contributed by atoms with Gasteiger partial charge >= 0.3 is 0 Å². The lowest BCUT2D eigenvalue weighted by Gasteiger charge is -2.12. The number of rotatable bonds is 6. The van der Waals surface area contributed by atoms with Crippen LogP contribution in [0.1, 0.15) is 31.9 Å². The number of aryl methyl sites for hydroxylation is 1. The molecule has 0 aliphatic carbocycles. The van der Waals surface area contributed by atoms with E-state index in [0.29, 0.717) is 29.9 Å². The van der Waals surface area contributed by atoms with Crippen LogP contribution >= 0.6 is 23.7 Å². The van der Waals surface area contributed by atoms with Crippen LogP contribution in [0.3, 0.4) is 0 Å². The fourth-order valence-corrected chi connectivity index (χ4v) is 3.56. The quantitative estimate of drug-likeness (QED) is 0.336. The number of nitrogens with one attached hydrogen (secondary N) is 1. The van der Waals surface area contributed by atoms with Crippen LogP contribution in [0.2, 0.25) is 0 Å². The van der Waals surface area contributed by atoms with E-state index < -0.39 is 0 Å². The minimum Gasteiger partial charge on any atom is -0.508 e. The minimum atomic E-state index is -0.368. The molecule has 1 heterocycles. The van der Waals surface area contributed by atoms with Crippen molar-refractivity contribution in [2.45, 2.75) is 20.3 Å². The van der Waals surface area contributed by atoms with Gasteiger partial charge in [-0.2, -0.15) is 0 Å². The fourth-order valence-electron chi connectivity index (χ4n) is 2.93. The van der Waals surface area contributed by atoms with Crippen molar-refractivity contribution in [3.05, 3.63) is 75.0 Å². The smallest absolute Gasteiger partial charge is 0.255 e. The van der Waals surface area contributed by atoms with Gasteiger partial charge in [0, 0.05) is 12.1 Å². The maximum Gasteiger partial charge on any atom is 0.255 e. The van der Waals surface area contributed by atoms with Gasteiger partial charge in [0.15, 0.2) is 0 Å². The molecule has 0 bridgehead atoms. The lowest BCUT2D eigenvalue weighted by Crippen LogP contribution is -2.26. The van der Waals surface area contributed by atoms with Crippen LogP contribution in [0.25, 0.3) is 0 Å². The molecule has 0 spiro atoms. The Labute approximate surface area is 185 Å². The van der Waals surface area contributed by atoms with Gasteiger partial charge in [-0.3, -0.25) is 4.79 Å². The lowest BCUT2D eigenvalue weighted by atomic mass is 10.0. The molecule has 158 valence electrons. The third-order valence-corrected chi connectivity index (χ3v) is 5.50. The molecule has 3 aromatic rings. The van der Waals surface area contributed by atoms with E-state index >= 15 is 0 Å². The van der Waals surface area contributed by atoms with Crippen molar-refractivity contribution in [3.8, 4) is 11.5 Å². The first-order chi connectivity index (χ1) is 13.9. The Morgan fingerprint density at radius 2 is 1.87 bits per heavy atom. The number of amidine groups is 1. The standard InChI is InChI=1S/C22H23N3O3S.ClH/c1-13-12-17(26)14(2)20(27)19(13)22(28)24-10-9-15-5-7-16(8-6-15)25-21(23)18-4-3-11-29-18;/h3-8,11-12,26-27H,9-10H2,1-2H3,(H2,23,25)(H,24,28);1H. The van der Waals surface area contributed by atoms with E-state index in [9.17, 15) is 15.0 Å². The van der Waals surface area contributed by atoms with E-state index in [1.54, 1.807) is 25.2 Å². The zero-order valence-electron chi connectivity index (χ0n) is 16.7. The predicted octanol–water partition coefficient (Wildman–Crippen LogP) is 4.21. The van der Waals surface area contributed by atoms with Crippen molar-refractivity contribution in [2.75, 3.05) is 6.54 Å². The maximum atomic E-state index is 12.4. The molecule has 0 radical (unpaired) electrons. The number of carbonyl (C=O) groups excluding carboxylic acids is 1. The van der Waals surface area contributed by atoms with Gasteiger partial charge in [-0.25, -0.2) is 4.99 Å². The SMILES string of the molecule is Cc1cc(O)c(C)c(O)c1C(=O)NCCc1ccc(N=C(N)c2cccs2)cc1.Cl. The highest BCUT2D eigenvalue weighted by molar-refractivity contribution is 7.12. The second-order valence-electron chi connectivity index (χ2n) is 6.71. The molecule has 0 unspecified atom stereocenters. The molecule has 0 saturated heterocycles. The number of hydrogen-bond donors (Lipinski definition) is 4. The van der Waals surface area contributed by atoms with Crippen LogP contribution in [-0.2, 0) is 6.42 Å². The average Bonchev–Trinajstić information content (AvgIpc) is 3.22. The second-order valence-corrected chi connectivity index (χ2v) is 7.66. The van der Waals surface area contributed by atoms with Crippen molar-refractivity contribution in [1.29, 1.82) is 0 Å². The van der Waals surface area contributed by atoms with Gasteiger partial charge in [-0.1, -0.05) is 18.2 Å². The molecule has 0 aliphatic heterocycles. The number of phenols is 2. The van der Waals surface area contributed by atoms with Gasteiger partial charge in [0.1, 0.15) is 17.3 Å². The molecule has 1 aromatic heterocycles. The monoisotopic (exact) mass is 445 g/mol. The molecule has 3 rings (SSSR count). The molecule has 30 heavy (non-hydrogen) atoms. The molecular weight excluding hydrogens is 422 g/mol. The van der Waals surface area contributed by atoms with E-state index in [4.69, 9.17) is 5.73 Å². The molecule has 6 nitrogen and oxygen atoms in total. The summed E-state index contributed by atoms with van der Waals surface area (Å²) in [6.07, 6.45) is 0.632. The van der Waals surface area contributed by atoms with Gasteiger partial charge in [0.25, 0.3) is 5.91 Å².